The Morgan fingerprint density at radius 2 is 2.12 bits per heavy atom. The van der Waals surface area contributed by atoms with Gasteiger partial charge in [-0.05, 0) is 24.1 Å². The lowest BCUT2D eigenvalue weighted by molar-refractivity contribution is -0.125. The van der Waals surface area contributed by atoms with Gasteiger partial charge in [-0.3, -0.25) is 9.63 Å². The fraction of sp³-hybridized carbons (Fsp3) is 0.333. The number of carbonyl (C=O) groups is 1. The molecular formula is C12H14N2O3. The third-order valence-corrected chi connectivity index (χ3v) is 2.66. The quantitative estimate of drug-likeness (QED) is 0.626. The third kappa shape index (κ3) is 2.45. The summed E-state index contributed by atoms with van der Waals surface area (Å²) in [6.45, 7) is 2.21. The second-order valence-electron chi connectivity index (χ2n) is 3.82. The largest absolute Gasteiger partial charge is 0.411 e. The first-order valence-corrected chi connectivity index (χ1v) is 5.49. The SMILES string of the molecule is CCc1ccc(N2OCC(=NO)CC2=O)cc1. The average molecular weight is 234 g/mol. The van der Waals surface area contributed by atoms with Crippen molar-refractivity contribution in [1.29, 1.82) is 0 Å². The summed E-state index contributed by atoms with van der Waals surface area (Å²) in [6, 6.07) is 7.61. The van der Waals surface area contributed by atoms with E-state index in [1.165, 1.54) is 10.6 Å². The second-order valence-corrected chi connectivity index (χ2v) is 3.82. The normalized spacial score (nSPS) is 18.8. The van der Waals surface area contributed by atoms with E-state index in [2.05, 4.69) is 12.1 Å². The van der Waals surface area contributed by atoms with Crippen LogP contribution in [0.5, 0.6) is 0 Å². The molecule has 0 aromatic heterocycles. The standard InChI is InChI=1S/C12H14N2O3/c1-2-9-3-5-11(6-4-9)14-12(15)7-10(13-16)8-17-14/h3-6,16H,2,7-8H2,1H3. The minimum atomic E-state index is -0.228. The van der Waals surface area contributed by atoms with E-state index in [9.17, 15) is 4.79 Å². The highest BCUT2D eigenvalue weighted by Gasteiger charge is 2.25. The van der Waals surface area contributed by atoms with E-state index in [4.69, 9.17) is 10.0 Å². The molecule has 1 aromatic carbocycles. The molecule has 1 fully saturated rings. The molecule has 1 aromatic rings. The third-order valence-electron chi connectivity index (χ3n) is 2.66. The zero-order chi connectivity index (χ0) is 12.3. The molecule has 0 saturated carbocycles. The van der Waals surface area contributed by atoms with Crippen LogP contribution in [-0.4, -0.2) is 23.4 Å². The number of rotatable bonds is 2. The Balaban J connectivity index is 2.14. The van der Waals surface area contributed by atoms with Crippen molar-refractivity contribution >= 4 is 17.3 Å². The Kier molecular flexibility index (Phi) is 3.39. The Morgan fingerprint density at radius 3 is 2.65 bits per heavy atom. The van der Waals surface area contributed by atoms with Gasteiger partial charge in [-0.2, -0.15) is 5.06 Å². The highest BCUT2D eigenvalue weighted by Crippen LogP contribution is 2.19. The Labute approximate surface area is 99.2 Å². The summed E-state index contributed by atoms with van der Waals surface area (Å²) in [7, 11) is 0. The number of oxime groups is 1. The summed E-state index contributed by atoms with van der Waals surface area (Å²) in [5.41, 5.74) is 2.25. The monoisotopic (exact) mass is 234 g/mol. The van der Waals surface area contributed by atoms with Gasteiger partial charge in [0.15, 0.2) is 0 Å². The van der Waals surface area contributed by atoms with E-state index >= 15 is 0 Å². The topological polar surface area (TPSA) is 62.1 Å². The van der Waals surface area contributed by atoms with Crippen molar-refractivity contribution in [1.82, 2.24) is 0 Å². The number of amides is 1. The number of hydrogen-bond donors (Lipinski definition) is 1. The minimum absolute atomic E-state index is 0.0893. The van der Waals surface area contributed by atoms with Gasteiger partial charge in [-0.1, -0.05) is 24.2 Å². The first-order chi connectivity index (χ1) is 8.24. The Bertz CT molecular complexity index is 440. The van der Waals surface area contributed by atoms with Gasteiger partial charge in [0.05, 0.1) is 17.8 Å². The molecule has 0 radical (unpaired) electrons. The van der Waals surface area contributed by atoms with Crippen LogP contribution in [0.15, 0.2) is 29.4 Å². The molecule has 0 aliphatic carbocycles. The van der Waals surface area contributed by atoms with Crippen LogP contribution >= 0.6 is 0 Å². The van der Waals surface area contributed by atoms with Gasteiger partial charge in [0.1, 0.15) is 6.61 Å². The number of hydrogen-bond acceptors (Lipinski definition) is 4. The zero-order valence-corrected chi connectivity index (χ0v) is 9.59. The summed E-state index contributed by atoms with van der Waals surface area (Å²) >= 11 is 0. The molecule has 0 unspecified atom stereocenters. The lowest BCUT2D eigenvalue weighted by Gasteiger charge is -2.26. The van der Waals surface area contributed by atoms with Crippen molar-refractivity contribution in [2.24, 2.45) is 5.16 Å². The molecule has 2 rings (SSSR count). The number of benzene rings is 1. The molecule has 5 heteroatoms. The van der Waals surface area contributed by atoms with Gasteiger partial charge in [0, 0.05) is 0 Å². The van der Waals surface area contributed by atoms with E-state index in [0.717, 1.165) is 6.42 Å². The van der Waals surface area contributed by atoms with Gasteiger partial charge >= 0.3 is 0 Å². The lowest BCUT2D eigenvalue weighted by Crippen LogP contribution is -2.40. The summed E-state index contributed by atoms with van der Waals surface area (Å²) in [5.74, 6) is -0.228. The van der Waals surface area contributed by atoms with Crippen LogP contribution in [0, 0.1) is 0 Å². The number of aryl methyl sites for hydroxylation is 1. The van der Waals surface area contributed by atoms with Crippen molar-refractivity contribution in [3.63, 3.8) is 0 Å². The van der Waals surface area contributed by atoms with Crippen LogP contribution in [0.3, 0.4) is 0 Å². The van der Waals surface area contributed by atoms with Gasteiger partial charge < -0.3 is 5.21 Å². The number of nitrogens with zero attached hydrogens (tertiary/aromatic N) is 2. The van der Waals surface area contributed by atoms with Crippen LogP contribution in [0.1, 0.15) is 18.9 Å². The van der Waals surface area contributed by atoms with Crippen LogP contribution in [0.2, 0.25) is 0 Å². The number of carbonyl (C=O) groups excluding carboxylic acids is 1. The number of anilines is 1. The fourth-order valence-electron chi connectivity index (χ4n) is 1.66. The van der Waals surface area contributed by atoms with Crippen molar-refractivity contribution < 1.29 is 14.8 Å². The second kappa shape index (κ2) is 4.97. The van der Waals surface area contributed by atoms with Crippen LogP contribution in [0.4, 0.5) is 5.69 Å². The maximum atomic E-state index is 11.7. The van der Waals surface area contributed by atoms with Crippen molar-refractivity contribution in [2.45, 2.75) is 19.8 Å². The predicted octanol–water partition coefficient (Wildman–Crippen LogP) is 1.75. The smallest absolute Gasteiger partial charge is 0.256 e. The van der Waals surface area contributed by atoms with Gasteiger partial charge in [-0.15, -0.1) is 0 Å². The summed E-state index contributed by atoms with van der Waals surface area (Å²) in [4.78, 5) is 17.0. The Morgan fingerprint density at radius 1 is 1.41 bits per heavy atom. The van der Waals surface area contributed by atoms with Crippen molar-refractivity contribution in [2.75, 3.05) is 11.7 Å². The van der Waals surface area contributed by atoms with E-state index in [-0.39, 0.29) is 18.9 Å². The van der Waals surface area contributed by atoms with E-state index < -0.39 is 0 Å². The summed E-state index contributed by atoms with van der Waals surface area (Å²) < 4.78 is 0. The maximum Gasteiger partial charge on any atom is 0.256 e. The highest BCUT2D eigenvalue weighted by atomic mass is 16.7. The molecule has 0 spiro atoms. The Hall–Kier alpha value is -1.88. The molecule has 1 N–H and O–H groups in total. The van der Waals surface area contributed by atoms with Crippen LogP contribution < -0.4 is 5.06 Å². The first-order valence-electron chi connectivity index (χ1n) is 5.49. The highest BCUT2D eigenvalue weighted by molar-refractivity contribution is 6.08. The zero-order valence-electron chi connectivity index (χ0n) is 9.59. The van der Waals surface area contributed by atoms with Gasteiger partial charge in [0.2, 0.25) is 0 Å². The number of hydroxylamine groups is 1. The van der Waals surface area contributed by atoms with Crippen molar-refractivity contribution in [3.8, 4) is 0 Å². The maximum absolute atomic E-state index is 11.7. The van der Waals surface area contributed by atoms with Crippen molar-refractivity contribution in [3.05, 3.63) is 29.8 Å². The predicted molar refractivity (Wildman–Crippen MR) is 63.1 cm³/mol. The molecular weight excluding hydrogens is 220 g/mol. The van der Waals surface area contributed by atoms with E-state index in [1.54, 1.807) is 0 Å². The molecule has 1 saturated heterocycles. The summed E-state index contributed by atoms with van der Waals surface area (Å²) in [5, 5.41) is 12.8. The fourth-order valence-corrected chi connectivity index (χ4v) is 1.66. The average Bonchev–Trinajstić information content (AvgIpc) is 2.39. The molecule has 1 heterocycles. The summed E-state index contributed by atoms with van der Waals surface area (Å²) in [6.07, 6.45) is 1.04. The van der Waals surface area contributed by atoms with Crippen LogP contribution in [-0.2, 0) is 16.1 Å². The molecule has 1 amide bonds. The van der Waals surface area contributed by atoms with E-state index in [1.807, 2.05) is 24.3 Å². The van der Waals surface area contributed by atoms with Gasteiger partial charge in [-0.25, -0.2) is 0 Å². The molecule has 1 aliphatic rings. The molecule has 17 heavy (non-hydrogen) atoms. The molecule has 90 valence electrons. The lowest BCUT2D eigenvalue weighted by atomic mass is 10.1. The first kappa shape index (κ1) is 11.6. The molecule has 1 aliphatic heterocycles. The molecule has 0 atom stereocenters. The van der Waals surface area contributed by atoms with E-state index in [0.29, 0.717) is 11.4 Å². The van der Waals surface area contributed by atoms with Crippen LogP contribution in [0.25, 0.3) is 0 Å². The minimum Gasteiger partial charge on any atom is -0.411 e. The van der Waals surface area contributed by atoms with Gasteiger partial charge in [0.25, 0.3) is 5.91 Å². The molecule has 5 nitrogen and oxygen atoms in total. The molecule has 0 bridgehead atoms.